The monoisotopic (exact) mass is 382 g/mol. The Balaban J connectivity index is 1.65. The van der Waals surface area contributed by atoms with Crippen LogP contribution in [-0.4, -0.2) is 31.4 Å². The number of halogens is 2. The highest BCUT2D eigenvalue weighted by Crippen LogP contribution is 2.38. The summed E-state index contributed by atoms with van der Waals surface area (Å²) in [4.78, 5) is 8.37. The van der Waals surface area contributed by atoms with Gasteiger partial charge in [-0.1, -0.05) is 0 Å². The van der Waals surface area contributed by atoms with E-state index in [0.29, 0.717) is 35.5 Å². The number of fused-ring (bicyclic) bond motifs is 1. The van der Waals surface area contributed by atoms with Gasteiger partial charge in [0.1, 0.15) is 11.5 Å². The number of nitrogens with zero attached hydrogens (tertiary/aromatic N) is 2. The molecule has 1 aromatic heterocycles. The summed E-state index contributed by atoms with van der Waals surface area (Å²) < 4.78 is 46.0. The second kappa shape index (κ2) is 8.11. The lowest BCUT2D eigenvalue weighted by atomic mass is 10.1. The second-order valence-electron chi connectivity index (χ2n) is 5.72. The Bertz CT molecular complexity index is 819. The fourth-order valence-corrected chi connectivity index (χ4v) is 2.48. The van der Waals surface area contributed by atoms with Crippen LogP contribution in [0.4, 0.5) is 8.78 Å². The molecule has 0 fully saturated rings. The maximum absolute atomic E-state index is 12.7. The van der Waals surface area contributed by atoms with Gasteiger partial charge in [-0.05, 0) is 19.9 Å². The number of hydrogen-bond donors (Lipinski definition) is 2. The van der Waals surface area contributed by atoms with Crippen LogP contribution in [0.15, 0.2) is 21.5 Å². The largest absolute Gasteiger partial charge is 0.454 e. The summed E-state index contributed by atoms with van der Waals surface area (Å²) >= 11 is 0. The Morgan fingerprint density at radius 1 is 1.22 bits per heavy atom. The highest BCUT2D eigenvalue weighted by Gasteiger charge is 2.20. The molecule has 10 heteroatoms. The fourth-order valence-electron chi connectivity index (χ4n) is 2.48. The van der Waals surface area contributed by atoms with Gasteiger partial charge in [0.15, 0.2) is 17.5 Å². The normalized spacial score (nSPS) is 13.2. The second-order valence-corrected chi connectivity index (χ2v) is 5.72. The van der Waals surface area contributed by atoms with Gasteiger partial charge in [-0.3, -0.25) is 4.99 Å². The standard InChI is InChI=1S/C17H20F2N4O4/c1-9-10(2)26-15(23-9)7-22-17(20-3)21-6-11-4-13-14(25-8-24-13)5-12(11)27-16(18)19/h4-5,16H,6-8H2,1-3H3,(H2,20,21,22). The van der Waals surface area contributed by atoms with Gasteiger partial charge in [-0.2, -0.15) is 8.78 Å². The van der Waals surface area contributed by atoms with Crippen molar-refractivity contribution in [2.45, 2.75) is 33.5 Å². The molecule has 1 aliphatic rings. The molecule has 0 radical (unpaired) electrons. The molecule has 0 atom stereocenters. The van der Waals surface area contributed by atoms with Crippen molar-refractivity contribution in [3.05, 3.63) is 35.0 Å². The first-order chi connectivity index (χ1) is 13.0. The molecule has 3 rings (SSSR count). The van der Waals surface area contributed by atoms with Gasteiger partial charge < -0.3 is 29.3 Å². The third-order valence-corrected chi connectivity index (χ3v) is 3.92. The zero-order valence-corrected chi connectivity index (χ0v) is 15.1. The predicted octanol–water partition coefficient (Wildman–Crippen LogP) is 2.49. The van der Waals surface area contributed by atoms with Crippen LogP contribution in [0, 0.1) is 13.8 Å². The third kappa shape index (κ3) is 4.57. The van der Waals surface area contributed by atoms with E-state index in [2.05, 4.69) is 25.3 Å². The van der Waals surface area contributed by atoms with Crippen molar-refractivity contribution in [2.24, 2.45) is 4.99 Å². The van der Waals surface area contributed by atoms with E-state index >= 15 is 0 Å². The van der Waals surface area contributed by atoms with Crippen molar-refractivity contribution in [2.75, 3.05) is 13.8 Å². The van der Waals surface area contributed by atoms with E-state index in [9.17, 15) is 8.78 Å². The predicted molar refractivity (Wildman–Crippen MR) is 92.2 cm³/mol. The highest BCUT2D eigenvalue weighted by molar-refractivity contribution is 5.79. The lowest BCUT2D eigenvalue weighted by Gasteiger charge is -2.14. The van der Waals surface area contributed by atoms with Crippen molar-refractivity contribution >= 4 is 5.96 Å². The fraction of sp³-hybridized carbons (Fsp3) is 0.412. The van der Waals surface area contributed by atoms with Crippen LogP contribution in [0.5, 0.6) is 17.2 Å². The first-order valence-corrected chi connectivity index (χ1v) is 8.21. The molecule has 0 bridgehead atoms. The van der Waals surface area contributed by atoms with Crippen LogP contribution in [0.25, 0.3) is 0 Å². The summed E-state index contributed by atoms with van der Waals surface area (Å²) in [6.45, 7) is 1.30. The number of aromatic nitrogens is 1. The maximum atomic E-state index is 12.7. The molecule has 0 saturated carbocycles. The molecule has 0 saturated heterocycles. The van der Waals surface area contributed by atoms with Crippen LogP contribution >= 0.6 is 0 Å². The van der Waals surface area contributed by atoms with Crippen LogP contribution in [-0.2, 0) is 13.1 Å². The SMILES string of the molecule is CN=C(NCc1nc(C)c(C)o1)NCc1cc2c(cc1OC(F)F)OCO2. The summed E-state index contributed by atoms with van der Waals surface area (Å²) in [5.74, 6) is 2.58. The lowest BCUT2D eigenvalue weighted by molar-refractivity contribution is -0.0505. The van der Waals surface area contributed by atoms with Gasteiger partial charge in [-0.25, -0.2) is 4.98 Å². The maximum Gasteiger partial charge on any atom is 0.387 e. The van der Waals surface area contributed by atoms with Gasteiger partial charge in [0, 0.05) is 25.2 Å². The van der Waals surface area contributed by atoms with Crippen LogP contribution in [0.2, 0.25) is 0 Å². The summed E-state index contributed by atoms with van der Waals surface area (Å²) in [6.07, 6.45) is 0. The first-order valence-electron chi connectivity index (χ1n) is 8.21. The van der Waals surface area contributed by atoms with E-state index in [1.165, 1.54) is 6.07 Å². The van der Waals surface area contributed by atoms with Crippen LogP contribution < -0.4 is 24.8 Å². The molecule has 0 spiro atoms. The molecule has 2 N–H and O–H groups in total. The quantitative estimate of drug-likeness (QED) is 0.586. The molecule has 8 nitrogen and oxygen atoms in total. The van der Waals surface area contributed by atoms with Crippen molar-refractivity contribution in [1.29, 1.82) is 0 Å². The van der Waals surface area contributed by atoms with Crippen molar-refractivity contribution < 1.29 is 27.4 Å². The molecule has 0 aliphatic carbocycles. The number of rotatable bonds is 6. The molecule has 2 heterocycles. The Labute approximate surface area is 154 Å². The zero-order valence-electron chi connectivity index (χ0n) is 15.1. The molecular weight excluding hydrogens is 362 g/mol. The average molecular weight is 382 g/mol. The zero-order chi connectivity index (χ0) is 19.4. The number of hydrogen-bond acceptors (Lipinski definition) is 6. The van der Waals surface area contributed by atoms with E-state index < -0.39 is 6.61 Å². The van der Waals surface area contributed by atoms with Gasteiger partial charge >= 0.3 is 6.61 Å². The number of ether oxygens (including phenoxy) is 3. The molecule has 0 unspecified atom stereocenters. The van der Waals surface area contributed by atoms with Crippen LogP contribution in [0.3, 0.4) is 0 Å². The lowest BCUT2D eigenvalue weighted by Crippen LogP contribution is -2.36. The number of oxazole rings is 1. The number of guanidine groups is 1. The van der Waals surface area contributed by atoms with Crippen LogP contribution in [0.1, 0.15) is 22.9 Å². The Hall–Kier alpha value is -3.04. The molecule has 0 amide bonds. The Kier molecular flexibility index (Phi) is 5.63. The van der Waals surface area contributed by atoms with Crippen molar-refractivity contribution in [3.63, 3.8) is 0 Å². The number of benzene rings is 1. The van der Waals surface area contributed by atoms with E-state index in [1.807, 2.05) is 13.8 Å². The molecular formula is C17H20F2N4O4. The van der Waals surface area contributed by atoms with Gasteiger partial charge in [0.05, 0.1) is 12.2 Å². The van der Waals surface area contributed by atoms with E-state index in [4.69, 9.17) is 13.9 Å². The minimum Gasteiger partial charge on any atom is -0.454 e. The summed E-state index contributed by atoms with van der Waals surface area (Å²) in [5.41, 5.74) is 1.30. The Morgan fingerprint density at radius 3 is 2.56 bits per heavy atom. The van der Waals surface area contributed by atoms with Gasteiger partial charge in [0.25, 0.3) is 0 Å². The summed E-state index contributed by atoms with van der Waals surface area (Å²) in [7, 11) is 1.59. The van der Waals surface area contributed by atoms with E-state index in [1.54, 1.807) is 13.1 Å². The van der Waals surface area contributed by atoms with E-state index in [0.717, 1.165) is 11.5 Å². The van der Waals surface area contributed by atoms with Crippen molar-refractivity contribution in [1.82, 2.24) is 15.6 Å². The number of aliphatic imine (C=N–C) groups is 1. The average Bonchev–Trinajstić information content (AvgIpc) is 3.20. The minimum atomic E-state index is -2.95. The highest BCUT2D eigenvalue weighted by atomic mass is 19.3. The minimum absolute atomic E-state index is 0.0103. The van der Waals surface area contributed by atoms with Crippen molar-refractivity contribution in [3.8, 4) is 17.2 Å². The molecule has 1 aliphatic heterocycles. The molecule has 146 valence electrons. The number of aryl methyl sites for hydroxylation is 2. The third-order valence-electron chi connectivity index (χ3n) is 3.92. The summed E-state index contributed by atoms with van der Waals surface area (Å²) in [6, 6.07) is 2.99. The number of nitrogens with one attached hydrogen (secondary N) is 2. The molecule has 27 heavy (non-hydrogen) atoms. The van der Waals surface area contributed by atoms with Gasteiger partial charge in [-0.15, -0.1) is 0 Å². The topological polar surface area (TPSA) is 90.1 Å². The molecule has 2 aromatic rings. The Morgan fingerprint density at radius 2 is 1.93 bits per heavy atom. The van der Waals surface area contributed by atoms with E-state index in [-0.39, 0.29) is 19.1 Å². The smallest absolute Gasteiger partial charge is 0.387 e. The number of alkyl halides is 2. The summed E-state index contributed by atoms with van der Waals surface area (Å²) in [5, 5.41) is 6.08. The van der Waals surface area contributed by atoms with Gasteiger partial charge in [0.2, 0.25) is 12.7 Å². The first kappa shape index (κ1) is 18.7. The molecule has 1 aromatic carbocycles.